The zero-order valence-corrected chi connectivity index (χ0v) is 21.5. The van der Waals surface area contributed by atoms with Crippen LogP contribution in [0.4, 0.5) is 11.4 Å². The number of nitrogens with two attached hydrogens (primary N) is 2. The highest BCUT2D eigenvalue weighted by Gasteiger charge is 2.36. The summed E-state index contributed by atoms with van der Waals surface area (Å²) in [5, 5.41) is 20.2. The number of aliphatic hydroxyl groups is 2. The fourth-order valence-electron chi connectivity index (χ4n) is 3.33. The molecule has 4 nitrogen and oxygen atoms in total. The Morgan fingerprint density at radius 1 is 0.793 bits per heavy atom. The van der Waals surface area contributed by atoms with Gasteiger partial charge in [0.1, 0.15) is 0 Å². The Labute approximate surface area is 182 Å². The van der Waals surface area contributed by atoms with E-state index >= 15 is 0 Å². The Bertz CT molecular complexity index is 615. The Balaban J connectivity index is 0.00000116. The average Bonchev–Trinajstić information content (AvgIpc) is 2.62. The van der Waals surface area contributed by atoms with Gasteiger partial charge < -0.3 is 21.7 Å². The molecule has 4 unspecified atom stereocenters. The maximum Gasteiger partial charge on any atom is 0.0523 e. The minimum atomic E-state index is -0.510. The summed E-state index contributed by atoms with van der Waals surface area (Å²) in [5.74, 6) is 0. The molecule has 0 saturated carbocycles. The third-order valence-electron chi connectivity index (χ3n) is 4.21. The Kier molecular flexibility index (Phi) is 13.9. The van der Waals surface area contributed by atoms with E-state index in [0.29, 0.717) is 24.2 Å². The SMILES string of the molecule is CC.CC(O)CC(CC(C)O)(c1ccc(N)cc1)c1ccc(N)cc1.CP(P)P. The van der Waals surface area contributed by atoms with Gasteiger partial charge in [-0.2, -0.15) is 0 Å². The molecule has 0 spiro atoms. The number of hydrogen-bond acceptors (Lipinski definition) is 4. The van der Waals surface area contributed by atoms with Crippen molar-refractivity contribution in [3.8, 4) is 0 Å². The largest absolute Gasteiger partial charge is 0.399 e. The Morgan fingerprint density at radius 3 is 1.24 bits per heavy atom. The maximum atomic E-state index is 10.1. The van der Waals surface area contributed by atoms with Gasteiger partial charge in [0.2, 0.25) is 0 Å². The van der Waals surface area contributed by atoms with E-state index in [9.17, 15) is 10.2 Å². The number of rotatable bonds is 6. The summed E-state index contributed by atoms with van der Waals surface area (Å²) in [5.41, 5.74) is 14.6. The third-order valence-corrected chi connectivity index (χ3v) is 4.21. The molecule has 0 fully saturated rings. The molecule has 0 heterocycles. The predicted molar refractivity (Wildman–Crippen MR) is 139 cm³/mol. The zero-order chi connectivity index (χ0) is 22.6. The van der Waals surface area contributed by atoms with Crippen LogP contribution in [0.25, 0.3) is 0 Å². The van der Waals surface area contributed by atoms with Gasteiger partial charge in [-0.15, -0.1) is 17.9 Å². The van der Waals surface area contributed by atoms with Crippen LogP contribution in [-0.4, -0.2) is 29.1 Å². The van der Waals surface area contributed by atoms with E-state index in [-0.39, 0.29) is 7.30 Å². The van der Waals surface area contributed by atoms with Gasteiger partial charge >= 0.3 is 0 Å². The molecule has 2 aromatic carbocycles. The van der Waals surface area contributed by atoms with E-state index in [2.05, 4.69) is 24.5 Å². The van der Waals surface area contributed by atoms with Crippen LogP contribution in [-0.2, 0) is 5.41 Å². The third kappa shape index (κ3) is 10.2. The van der Waals surface area contributed by atoms with Crippen molar-refractivity contribution in [2.24, 2.45) is 0 Å². The van der Waals surface area contributed by atoms with Crippen molar-refractivity contribution in [2.75, 3.05) is 18.1 Å². The molecule has 29 heavy (non-hydrogen) atoms. The monoisotopic (exact) mass is 456 g/mol. The highest BCUT2D eigenvalue weighted by Crippen LogP contribution is 2.48. The van der Waals surface area contributed by atoms with Gasteiger partial charge in [0.25, 0.3) is 0 Å². The lowest BCUT2D eigenvalue weighted by molar-refractivity contribution is 0.116. The second kappa shape index (κ2) is 14.3. The van der Waals surface area contributed by atoms with Gasteiger partial charge in [-0.3, -0.25) is 0 Å². The molecule has 6 N–H and O–H groups in total. The second-order valence-corrected chi connectivity index (χ2v) is 15.1. The van der Waals surface area contributed by atoms with Crippen LogP contribution in [0.2, 0.25) is 0 Å². The van der Waals surface area contributed by atoms with Gasteiger partial charge in [0.15, 0.2) is 0 Å². The molecule has 2 rings (SSSR count). The number of anilines is 2. The van der Waals surface area contributed by atoms with Crippen molar-refractivity contribution in [3.63, 3.8) is 0 Å². The minimum absolute atomic E-state index is 0.213. The number of hydrogen-bond donors (Lipinski definition) is 4. The van der Waals surface area contributed by atoms with E-state index in [1.165, 1.54) is 0 Å². The fraction of sp³-hybridized carbons (Fsp3) is 0.455. The van der Waals surface area contributed by atoms with Crippen LogP contribution in [0.15, 0.2) is 48.5 Å². The summed E-state index contributed by atoms with van der Waals surface area (Å²) >= 11 is 0. The lowest BCUT2D eigenvalue weighted by Crippen LogP contribution is -2.35. The molecule has 4 atom stereocenters. The summed E-state index contributed by atoms with van der Waals surface area (Å²) in [6, 6.07) is 15.3. The van der Waals surface area contributed by atoms with Crippen LogP contribution in [0.3, 0.4) is 0 Å². The van der Waals surface area contributed by atoms with Crippen molar-refractivity contribution in [1.29, 1.82) is 0 Å². The first-order chi connectivity index (χ1) is 13.6. The summed E-state index contributed by atoms with van der Waals surface area (Å²) < 4.78 is 0. The fourth-order valence-corrected chi connectivity index (χ4v) is 3.33. The van der Waals surface area contributed by atoms with Crippen LogP contribution in [0.5, 0.6) is 0 Å². The molecule has 0 amide bonds. The normalized spacial score (nSPS) is 12.9. The summed E-state index contributed by atoms with van der Waals surface area (Å²) in [6.45, 7) is 9.70. The van der Waals surface area contributed by atoms with E-state index in [0.717, 1.165) is 11.1 Å². The molecule has 0 aliphatic carbocycles. The molecule has 0 aromatic heterocycles. The molecule has 0 bridgehead atoms. The van der Waals surface area contributed by atoms with Crippen LogP contribution in [0, 0.1) is 0 Å². The summed E-state index contributed by atoms with van der Waals surface area (Å²) in [7, 11) is 5.58. The van der Waals surface area contributed by atoms with Crippen LogP contribution < -0.4 is 11.5 Å². The van der Waals surface area contributed by atoms with E-state index in [1.807, 2.05) is 62.4 Å². The molecule has 0 aliphatic heterocycles. The molecule has 164 valence electrons. The number of nitrogen functional groups attached to an aromatic ring is 2. The van der Waals surface area contributed by atoms with Crippen molar-refractivity contribution in [1.82, 2.24) is 0 Å². The van der Waals surface area contributed by atoms with Gasteiger partial charge in [-0.05, 0) is 68.7 Å². The summed E-state index contributed by atoms with van der Waals surface area (Å²) in [6.07, 6.45) is -0.00926. The highest BCUT2D eigenvalue weighted by atomic mass is 32.4. The van der Waals surface area contributed by atoms with Gasteiger partial charge in [-0.25, -0.2) is 0 Å². The lowest BCUT2D eigenvalue weighted by Gasteiger charge is -2.37. The van der Waals surface area contributed by atoms with Crippen molar-refractivity contribution in [2.45, 2.75) is 58.2 Å². The maximum absolute atomic E-state index is 10.1. The van der Waals surface area contributed by atoms with Crippen molar-refractivity contribution < 1.29 is 10.2 Å². The molecule has 0 radical (unpaired) electrons. The first-order valence-electron chi connectivity index (χ1n) is 9.88. The smallest absolute Gasteiger partial charge is 0.0523 e. The number of aliphatic hydroxyl groups excluding tert-OH is 2. The van der Waals surface area contributed by atoms with Crippen LogP contribution in [0.1, 0.15) is 51.7 Å². The van der Waals surface area contributed by atoms with Crippen molar-refractivity contribution >= 4 is 36.5 Å². The second-order valence-electron chi connectivity index (χ2n) is 7.10. The van der Waals surface area contributed by atoms with E-state index in [1.54, 1.807) is 13.8 Å². The Morgan fingerprint density at radius 2 is 1.03 bits per heavy atom. The Hall–Kier alpha value is -0.750. The average molecular weight is 456 g/mol. The van der Waals surface area contributed by atoms with Crippen molar-refractivity contribution in [3.05, 3.63) is 59.7 Å². The molecule has 0 aliphatic rings. The van der Waals surface area contributed by atoms with Crippen LogP contribution >= 0.6 is 25.2 Å². The van der Waals surface area contributed by atoms with E-state index < -0.39 is 17.6 Å². The van der Waals surface area contributed by atoms with Gasteiger partial charge in [-0.1, -0.05) is 45.4 Å². The summed E-state index contributed by atoms with van der Waals surface area (Å²) in [4.78, 5) is 0. The lowest BCUT2D eigenvalue weighted by atomic mass is 9.67. The quantitative estimate of drug-likeness (QED) is 0.347. The molecular weight excluding hydrogens is 417 g/mol. The predicted octanol–water partition coefficient (Wildman–Crippen LogP) is 5.38. The molecular formula is C22H39N2O2P3. The van der Waals surface area contributed by atoms with Gasteiger partial charge in [0.05, 0.1) is 12.2 Å². The van der Waals surface area contributed by atoms with Gasteiger partial charge in [0, 0.05) is 16.8 Å². The first kappa shape index (κ1) is 28.2. The standard InChI is InChI=1S/C19H26N2O2.C2H6.CH7P3/c1-13(22)11-19(12-14(2)23,15-3-7-17(20)8-4-15)16-5-9-18(21)10-6-16;1-2;1-4(2)3/h3-10,13-14,22-23H,11-12,20-21H2,1-2H3;1-2H3;2-3H2,1H3. The molecule has 7 heteroatoms. The zero-order valence-electron chi connectivity index (χ0n) is 18.3. The molecule has 0 saturated heterocycles. The van der Waals surface area contributed by atoms with E-state index in [4.69, 9.17) is 11.5 Å². The topological polar surface area (TPSA) is 92.5 Å². The number of benzene rings is 2. The molecule has 2 aromatic rings. The minimum Gasteiger partial charge on any atom is -0.399 e. The first-order valence-corrected chi connectivity index (χ1v) is 14.9. The highest BCUT2D eigenvalue weighted by molar-refractivity contribution is 8.43.